The largest absolute Gasteiger partial charge is 0.396 e. The molecule has 0 unspecified atom stereocenters. The highest BCUT2D eigenvalue weighted by atomic mass is 15.2. The van der Waals surface area contributed by atoms with Gasteiger partial charge in [0.15, 0.2) is 11.6 Å². The summed E-state index contributed by atoms with van der Waals surface area (Å²) in [4.78, 5) is 10.8. The third-order valence-electron chi connectivity index (χ3n) is 3.41. The minimum absolute atomic E-state index is 0.442. The Morgan fingerprint density at radius 2 is 2.11 bits per heavy atom. The molecule has 18 heavy (non-hydrogen) atoms. The lowest BCUT2D eigenvalue weighted by molar-refractivity contribution is 0.485. The number of H-pyrrole nitrogens is 1. The SMILES string of the molecule is Nc1cccnc1N1CCC(c2nc[nH]n2)CC1. The lowest BCUT2D eigenvalue weighted by atomic mass is 9.96. The normalized spacial score (nSPS) is 17.0. The maximum atomic E-state index is 5.95. The van der Waals surface area contributed by atoms with Gasteiger partial charge in [-0.15, -0.1) is 0 Å². The Balaban J connectivity index is 1.69. The van der Waals surface area contributed by atoms with Gasteiger partial charge in [0, 0.05) is 25.2 Å². The van der Waals surface area contributed by atoms with Crippen molar-refractivity contribution in [1.82, 2.24) is 20.2 Å². The zero-order valence-electron chi connectivity index (χ0n) is 10.1. The number of nitrogens with two attached hydrogens (primary N) is 1. The minimum atomic E-state index is 0.442. The van der Waals surface area contributed by atoms with Crippen LogP contribution in [0.15, 0.2) is 24.7 Å². The van der Waals surface area contributed by atoms with E-state index in [2.05, 4.69) is 25.1 Å². The summed E-state index contributed by atoms with van der Waals surface area (Å²) in [5.41, 5.74) is 6.69. The number of hydrogen-bond donors (Lipinski definition) is 2. The maximum Gasteiger partial charge on any atom is 0.153 e. The average Bonchev–Trinajstić information content (AvgIpc) is 2.94. The number of pyridine rings is 1. The van der Waals surface area contributed by atoms with E-state index in [9.17, 15) is 0 Å². The molecule has 0 saturated carbocycles. The number of hydrogen-bond acceptors (Lipinski definition) is 5. The molecule has 0 amide bonds. The number of aromatic amines is 1. The fraction of sp³-hybridized carbons (Fsp3) is 0.417. The van der Waals surface area contributed by atoms with E-state index < -0.39 is 0 Å². The highest BCUT2D eigenvalue weighted by Gasteiger charge is 2.24. The second-order valence-corrected chi connectivity index (χ2v) is 4.53. The second-order valence-electron chi connectivity index (χ2n) is 4.53. The molecule has 2 aromatic heterocycles. The van der Waals surface area contributed by atoms with Crippen LogP contribution in [0.1, 0.15) is 24.6 Å². The van der Waals surface area contributed by atoms with Crippen LogP contribution in [0.5, 0.6) is 0 Å². The first-order valence-corrected chi connectivity index (χ1v) is 6.15. The summed E-state index contributed by atoms with van der Waals surface area (Å²) >= 11 is 0. The standard InChI is InChI=1S/C12H16N6/c13-10-2-1-5-14-12(10)18-6-3-9(4-7-18)11-15-8-16-17-11/h1-2,5,8-9H,3-4,6-7,13H2,(H,15,16,17). The molecule has 0 atom stereocenters. The van der Waals surface area contributed by atoms with Crippen molar-refractivity contribution in [3.63, 3.8) is 0 Å². The summed E-state index contributed by atoms with van der Waals surface area (Å²) in [5, 5.41) is 6.93. The molecule has 3 heterocycles. The highest BCUT2D eigenvalue weighted by molar-refractivity contribution is 5.62. The summed E-state index contributed by atoms with van der Waals surface area (Å²) in [6.45, 7) is 1.89. The van der Waals surface area contributed by atoms with Gasteiger partial charge in [-0.3, -0.25) is 5.10 Å². The molecular weight excluding hydrogens is 228 g/mol. The second kappa shape index (κ2) is 4.64. The van der Waals surface area contributed by atoms with Crippen LogP contribution in [-0.4, -0.2) is 33.3 Å². The molecule has 1 aliphatic rings. The Morgan fingerprint density at radius 1 is 1.28 bits per heavy atom. The molecule has 6 heteroatoms. The number of aromatic nitrogens is 4. The molecule has 0 radical (unpaired) electrons. The van der Waals surface area contributed by atoms with E-state index >= 15 is 0 Å². The van der Waals surface area contributed by atoms with Crippen LogP contribution < -0.4 is 10.6 Å². The third-order valence-corrected chi connectivity index (χ3v) is 3.41. The van der Waals surface area contributed by atoms with Crippen LogP contribution in [0.25, 0.3) is 0 Å². The predicted molar refractivity (Wildman–Crippen MR) is 69.2 cm³/mol. The zero-order chi connectivity index (χ0) is 12.4. The molecule has 3 N–H and O–H groups in total. The lowest BCUT2D eigenvalue weighted by Crippen LogP contribution is -2.34. The van der Waals surface area contributed by atoms with Crippen molar-refractivity contribution in [3.05, 3.63) is 30.5 Å². The van der Waals surface area contributed by atoms with Gasteiger partial charge in [0.25, 0.3) is 0 Å². The van der Waals surface area contributed by atoms with E-state index in [1.807, 2.05) is 12.1 Å². The Morgan fingerprint density at radius 3 is 2.78 bits per heavy atom. The molecule has 0 aromatic carbocycles. The average molecular weight is 244 g/mol. The van der Waals surface area contributed by atoms with Gasteiger partial charge in [-0.25, -0.2) is 9.97 Å². The van der Waals surface area contributed by atoms with Gasteiger partial charge in [-0.1, -0.05) is 0 Å². The monoisotopic (exact) mass is 244 g/mol. The van der Waals surface area contributed by atoms with E-state index in [1.54, 1.807) is 12.5 Å². The van der Waals surface area contributed by atoms with E-state index in [1.165, 1.54) is 0 Å². The van der Waals surface area contributed by atoms with E-state index in [-0.39, 0.29) is 0 Å². The topological polar surface area (TPSA) is 83.7 Å². The van der Waals surface area contributed by atoms with Crippen molar-refractivity contribution in [1.29, 1.82) is 0 Å². The number of rotatable bonds is 2. The molecule has 2 aromatic rings. The molecular formula is C12H16N6. The molecule has 0 aliphatic carbocycles. The van der Waals surface area contributed by atoms with Crippen LogP contribution in [0.2, 0.25) is 0 Å². The first kappa shape index (κ1) is 11.0. The molecule has 1 saturated heterocycles. The third kappa shape index (κ3) is 2.01. The molecule has 0 bridgehead atoms. The van der Waals surface area contributed by atoms with Gasteiger partial charge in [0.1, 0.15) is 6.33 Å². The molecule has 6 nitrogen and oxygen atoms in total. The van der Waals surface area contributed by atoms with Crippen LogP contribution in [0.3, 0.4) is 0 Å². The first-order valence-electron chi connectivity index (χ1n) is 6.15. The van der Waals surface area contributed by atoms with Crippen molar-refractivity contribution in [2.45, 2.75) is 18.8 Å². The fourth-order valence-corrected chi connectivity index (χ4v) is 2.44. The van der Waals surface area contributed by atoms with Gasteiger partial charge in [0.05, 0.1) is 5.69 Å². The Labute approximate surface area is 105 Å². The molecule has 1 fully saturated rings. The summed E-state index contributed by atoms with van der Waals surface area (Å²) < 4.78 is 0. The Kier molecular flexibility index (Phi) is 2.84. The molecule has 3 rings (SSSR count). The zero-order valence-corrected chi connectivity index (χ0v) is 10.1. The number of nitrogens with one attached hydrogen (secondary N) is 1. The predicted octanol–water partition coefficient (Wildman–Crippen LogP) is 1.17. The summed E-state index contributed by atoms with van der Waals surface area (Å²) in [6.07, 6.45) is 5.49. The van der Waals surface area contributed by atoms with Crippen LogP contribution >= 0.6 is 0 Å². The van der Waals surface area contributed by atoms with Crippen molar-refractivity contribution >= 4 is 11.5 Å². The molecule has 0 spiro atoms. The fourth-order valence-electron chi connectivity index (χ4n) is 2.44. The van der Waals surface area contributed by atoms with Crippen molar-refractivity contribution in [3.8, 4) is 0 Å². The number of anilines is 2. The van der Waals surface area contributed by atoms with Crippen molar-refractivity contribution in [2.75, 3.05) is 23.7 Å². The first-order chi connectivity index (χ1) is 8.84. The summed E-state index contributed by atoms with van der Waals surface area (Å²) in [7, 11) is 0. The van der Waals surface area contributed by atoms with Crippen LogP contribution in [0.4, 0.5) is 11.5 Å². The maximum absolute atomic E-state index is 5.95. The van der Waals surface area contributed by atoms with E-state index in [0.29, 0.717) is 5.92 Å². The molecule has 94 valence electrons. The van der Waals surface area contributed by atoms with Gasteiger partial charge < -0.3 is 10.6 Å². The molecule has 1 aliphatic heterocycles. The summed E-state index contributed by atoms with van der Waals surface area (Å²) in [5.74, 6) is 2.26. The van der Waals surface area contributed by atoms with Gasteiger partial charge in [-0.05, 0) is 25.0 Å². The van der Waals surface area contributed by atoms with Gasteiger partial charge in [-0.2, -0.15) is 5.10 Å². The van der Waals surface area contributed by atoms with Crippen molar-refractivity contribution in [2.24, 2.45) is 0 Å². The highest BCUT2D eigenvalue weighted by Crippen LogP contribution is 2.29. The number of nitrogen functional groups attached to an aromatic ring is 1. The van der Waals surface area contributed by atoms with Crippen molar-refractivity contribution < 1.29 is 0 Å². The minimum Gasteiger partial charge on any atom is -0.396 e. The summed E-state index contributed by atoms with van der Waals surface area (Å²) in [6, 6.07) is 3.75. The number of piperidine rings is 1. The lowest BCUT2D eigenvalue weighted by Gasteiger charge is -2.32. The quantitative estimate of drug-likeness (QED) is 0.828. The van der Waals surface area contributed by atoms with Gasteiger partial charge in [0.2, 0.25) is 0 Å². The Bertz CT molecular complexity index is 501. The Hall–Kier alpha value is -2.11. The van der Waals surface area contributed by atoms with E-state index in [0.717, 1.165) is 43.3 Å². The smallest absolute Gasteiger partial charge is 0.153 e. The number of nitrogens with zero attached hydrogens (tertiary/aromatic N) is 4. The van der Waals surface area contributed by atoms with Crippen LogP contribution in [0, 0.1) is 0 Å². The van der Waals surface area contributed by atoms with Gasteiger partial charge >= 0.3 is 0 Å². The van der Waals surface area contributed by atoms with Crippen LogP contribution in [-0.2, 0) is 0 Å². The van der Waals surface area contributed by atoms with E-state index in [4.69, 9.17) is 5.73 Å².